The molecule has 0 aliphatic rings. The molecule has 0 atom stereocenters. The summed E-state index contributed by atoms with van der Waals surface area (Å²) in [4.78, 5) is 0. The van der Waals surface area contributed by atoms with Crippen LogP contribution < -0.4 is 30.1 Å². The Morgan fingerprint density at radius 2 is 0.615 bits per heavy atom. The quantitative estimate of drug-likeness (QED) is 0.401. The van der Waals surface area contributed by atoms with E-state index in [9.17, 15) is 0 Å². The van der Waals surface area contributed by atoms with E-state index in [1.807, 2.05) is 0 Å². The molecule has 0 unspecified atom stereocenters. The third-order valence-corrected chi connectivity index (χ3v) is 0. The molecule has 0 aromatic rings. The molecule has 0 saturated heterocycles. The van der Waals surface area contributed by atoms with Gasteiger partial charge in [-0.15, -0.1) is 0 Å². The first kappa shape index (κ1) is 36.3. The van der Waals surface area contributed by atoms with Crippen LogP contribution in [0.2, 0.25) is 0 Å². The number of halogens is 1. The predicted molar refractivity (Wildman–Crippen MR) is 32.1 cm³/mol. The van der Waals surface area contributed by atoms with Gasteiger partial charge in [0.15, 0.2) is 0 Å². The Morgan fingerprint density at radius 3 is 0.615 bits per heavy atom. The van der Waals surface area contributed by atoms with Gasteiger partial charge < -0.3 is 30.1 Å². The van der Waals surface area contributed by atoms with Gasteiger partial charge in [0, 0.05) is 0 Å². The van der Waals surface area contributed by atoms with Gasteiger partial charge in [-0.05, 0) is 0 Å². The summed E-state index contributed by atoms with van der Waals surface area (Å²) in [6.45, 7) is 0. The molecule has 0 aliphatic carbocycles. The van der Waals surface area contributed by atoms with E-state index in [4.69, 9.17) is 40.0 Å². The van der Waals surface area contributed by atoms with Crippen LogP contribution in [0.25, 0.3) is 0 Å². The van der Waals surface area contributed by atoms with E-state index < -0.39 is 14.6 Å². The zero-order chi connectivity index (χ0) is 9.15. The smallest absolute Gasteiger partial charge is 0.907 e. The van der Waals surface area contributed by atoms with Crippen molar-refractivity contribution in [2.45, 2.75) is 0 Å². The fraction of sp³-hybridized carbons (Fsp3) is 0. The molecular formula is HB2FMg3O7. The molecular weight excluding hydrogens is 226 g/mol. The van der Waals surface area contributed by atoms with Gasteiger partial charge >= 0.3 is 69.2 Å². The van der Waals surface area contributed by atoms with E-state index in [1.54, 1.807) is 0 Å². The second kappa shape index (κ2) is 36.9. The second-order valence-corrected chi connectivity index (χ2v) is 0.577. The van der Waals surface area contributed by atoms with E-state index in [0.29, 0.717) is 0 Å². The Balaban J connectivity index is -0.0000000133. The first-order chi connectivity index (χ1) is 4.46. The summed E-state index contributed by atoms with van der Waals surface area (Å²) in [5.41, 5.74) is 0. The van der Waals surface area contributed by atoms with Gasteiger partial charge in [-0.1, -0.05) is 4.53 Å². The molecule has 13 heavy (non-hydrogen) atoms. The Bertz CT molecular complexity index is 37.2. The van der Waals surface area contributed by atoms with Crippen molar-refractivity contribution in [3.8, 4) is 0 Å². The molecule has 0 saturated carbocycles. The first-order valence-electron chi connectivity index (χ1n) is 1.58. The van der Waals surface area contributed by atoms with Crippen molar-refractivity contribution in [2.75, 3.05) is 0 Å². The molecule has 13 heteroatoms. The SMILES string of the molecule is OF.[Mg+2].[Mg+2].[Mg+2].[O-]B([O-])[O-].[O-]B([O-])[O-]. The van der Waals surface area contributed by atoms with Gasteiger partial charge in [0.25, 0.3) is 0 Å². The van der Waals surface area contributed by atoms with Crippen molar-refractivity contribution < 1.29 is 40.0 Å². The fourth-order valence-electron chi connectivity index (χ4n) is 0. The molecule has 62 valence electrons. The summed E-state index contributed by atoms with van der Waals surface area (Å²) in [5.74, 6) is 0. The minimum absolute atomic E-state index is 0. The summed E-state index contributed by atoms with van der Waals surface area (Å²) in [6.07, 6.45) is 0. The van der Waals surface area contributed by atoms with Crippen molar-refractivity contribution in [3.63, 3.8) is 0 Å². The third kappa shape index (κ3) is 475. The molecule has 0 amide bonds. The number of hydrogen-bond donors (Lipinski definition) is 1. The maximum atomic E-state index is 8.50. The van der Waals surface area contributed by atoms with Gasteiger partial charge in [-0.2, -0.15) is 0 Å². The Hall–Kier alpha value is 2.08. The molecule has 0 fully saturated rings. The number of hydrogen-bond acceptors (Lipinski definition) is 7. The van der Waals surface area contributed by atoms with Crippen molar-refractivity contribution in [1.29, 1.82) is 0 Å². The molecule has 0 radical (unpaired) electrons. The van der Waals surface area contributed by atoms with Crippen LogP contribution in [0.5, 0.6) is 0 Å². The Kier molecular flexibility index (Phi) is 103. The van der Waals surface area contributed by atoms with Gasteiger partial charge in [0.2, 0.25) is 0 Å². The van der Waals surface area contributed by atoms with Crippen molar-refractivity contribution in [1.82, 2.24) is 0 Å². The Morgan fingerprint density at radius 1 is 0.615 bits per heavy atom. The van der Waals surface area contributed by atoms with Gasteiger partial charge in [0.05, 0.1) is 0 Å². The van der Waals surface area contributed by atoms with Crippen LogP contribution >= 0.6 is 0 Å². The van der Waals surface area contributed by atoms with E-state index in [0.717, 1.165) is 0 Å². The molecule has 0 spiro atoms. The summed E-state index contributed by atoms with van der Waals surface area (Å²) in [6, 6.07) is 0. The van der Waals surface area contributed by atoms with Crippen LogP contribution in [-0.2, 0) is 0 Å². The molecule has 0 bridgehead atoms. The molecule has 0 aliphatic heterocycles. The zero-order valence-electron chi connectivity index (χ0n) is 6.55. The van der Waals surface area contributed by atoms with Crippen LogP contribution in [-0.4, -0.2) is 89.1 Å². The Labute approximate surface area is 123 Å². The van der Waals surface area contributed by atoms with Crippen LogP contribution in [0, 0.1) is 0 Å². The summed E-state index contributed by atoms with van der Waals surface area (Å²) in [7, 11) is -5.83. The van der Waals surface area contributed by atoms with Crippen LogP contribution in [0.1, 0.15) is 0 Å². The summed E-state index contributed by atoms with van der Waals surface area (Å²) < 4.78 is 8.50. The van der Waals surface area contributed by atoms with E-state index in [1.165, 1.54) is 0 Å². The van der Waals surface area contributed by atoms with E-state index in [2.05, 4.69) is 0 Å². The van der Waals surface area contributed by atoms with E-state index in [-0.39, 0.29) is 69.2 Å². The monoisotopic (exact) mass is 226 g/mol. The topological polar surface area (TPSA) is 159 Å². The summed E-state index contributed by atoms with van der Waals surface area (Å²) >= 11 is 0. The standard InChI is InChI=1S/2BO3.FHO.3Mg/c2*2-1(3)4;1-2;;;/h;;2H;;;/q2*-3;;3*+2. The van der Waals surface area contributed by atoms with Crippen LogP contribution in [0.4, 0.5) is 4.53 Å². The van der Waals surface area contributed by atoms with Gasteiger partial charge in [-0.3, -0.25) is 14.6 Å². The fourth-order valence-corrected chi connectivity index (χ4v) is 0. The average molecular weight is 227 g/mol. The predicted octanol–water partition coefficient (Wildman–Crippen LogP) is -9.17. The molecule has 0 rings (SSSR count). The average Bonchev–Trinajstić information content (AvgIpc) is 1.66. The normalized spacial score (nSPS) is 4.62. The molecule has 0 heterocycles. The van der Waals surface area contributed by atoms with Crippen LogP contribution in [0.3, 0.4) is 0 Å². The van der Waals surface area contributed by atoms with Crippen molar-refractivity contribution in [3.05, 3.63) is 0 Å². The third-order valence-electron chi connectivity index (χ3n) is 0. The molecule has 0 aromatic heterocycles. The molecule has 1 N–H and O–H groups in total. The van der Waals surface area contributed by atoms with Gasteiger partial charge in [0.1, 0.15) is 0 Å². The maximum absolute atomic E-state index is 8.50. The summed E-state index contributed by atoms with van der Waals surface area (Å²) in [5, 5.41) is 56.0. The number of rotatable bonds is 0. The van der Waals surface area contributed by atoms with Crippen molar-refractivity contribution in [2.24, 2.45) is 0 Å². The van der Waals surface area contributed by atoms with E-state index >= 15 is 0 Å². The van der Waals surface area contributed by atoms with Crippen LogP contribution in [0.15, 0.2) is 0 Å². The van der Waals surface area contributed by atoms with Crippen molar-refractivity contribution >= 4 is 83.8 Å². The molecule has 0 aromatic carbocycles. The van der Waals surface area contributed by atoms with Gasteiger partial charge in [-0.25, -0.2) is 5.31 Å². The minimum Gasteiger partial charge on any atom is -0.907 e. The molecule has 7 nitrogen and oxygen atoms in total. The largest absolute Gasteiger partial charge is 2.00 e. The zero-order valence-corrected chi connectivity index (χ0v) is 10.8. The minimum atomic E-state index is -2.92. The first-order valence-corrected chi connectivity index (χ1v) is 1.58. The maximum Gasteiger partial charge on any atom is 2.00 e. The second-order valence-electron chi connectivity index (χ2n) is 0.577.